The average Bonchev–Trinajstić information content (AvgIpc) is 2.83. The van der Waals surface area contributed by atoms with Crippen LogP contribution in [0.15, 0.2) is 16.5 Å². The van der Waals surface area contributed by atoms with Crippen molar-refractivity contribution in [3.8, 4) is 0 Å². The van der Waals surface area contributed by atoms with Gasteiger partial charge in [0.15, 0.2) is 0 Å². The van der Waals surface area contributed by atoms with Crippen molar-refractivity contribution >= 4 is 0 Å². The van der Waals surface area contributed by atoms with Gasteiger partial charge in [-0.25, -0.2) is 0 Å². The summed E-state index contributed by atoms with van der Waals surface area (Å²) in [7, 11) is 1.75. The van der Waals surface area contributed by atoms with Gasteiger partial charge in [0.2, 0.25) is 0 Å². The third-order valence-electron chi connectivity index (χ3n) is 3.37. The molecule has 0 saturated carbocycles. The average molecular weight is 282 g/mol. The van der Waals surface area contributed by atoms with Crippen molar-refractivity contribution in [2.45, 2.75) is 46.8 Å². The SMILES string of the molecule is CCN(Cc1ccc(CNCC(C)C)o1)C(C)COC. The predicted molar refractivity (Wildman–Crippen MR) is 82.7 cm³/mol. The van der Waals surface area contributed by atoms with E-state index in [1.807, 2.05) is 0 Å². The van der Waals surface area contributed by atoms with Gasteiger partial charge in [-0.2, -0.15) is 0 Å². The van der Waals surface area contributed by atoms with E-state index in [0.717, 1.165) is 44.3 Å². The maximum absolute atomic E-state index is 5.88. The number of nitrogens with zero attached hydrogens (tertiary/aromatic N) is 1. The Hall–Kier alpha value is -0.840. The van der Waals surface area contributed by atoms with Gasteiger partial charge in [0.05, 0.1) is 19.7 Å². The van der Waals surface area contributed by atoms with Crippen LogP contribution in [0.1, 0.15) is 39.2 Å². The quantitative estimate of drug-likeness (QED) is 0.716. The van der Waals surface area contributed by atoms with Crippen LogP contribution in [-0.2, 0) is 17.8 Å². The number of likely N-dealkylation sites (N-methyl/N-ethyl adjacent to an activating group) is 1. The first-order valence-electron chi connectivity index (χ1n) is 7.58. The predicted octanol–water partition coefficient (Wildman–Crippen LogP) is 2.88. The normalized spacial score (nSPS) is 13.3. The van der Waals surface area contributed by atoms with Crippen molar-refractivity contribution in [3.05, 3.63) is 23.7 Å². The Morgan fingerprint density at radius 1 is 1.25 bits per heavy atom. The molecule has 1 rings (SSSR count). The van der Waals surface area contributed by atoms with Gasteiger partial charge < -0.3 is 14.5 Å². The molecule has 20 heavy (non-hydrogen) atoms. The molecular formula is C16H30N2O2. The fraction of sp³-hybridized carbons (Fsp3) is 0.750. The van der Waals surface area contributed by atoms with Gasteiger partial charge in [-0.05, 0) is 38.1 Å². The molecule has 1 aromatic rings. The molecule has 0 radical (unpaired) electrons. The fourth-order valence-electron chi connectivity index (χ4n) is 2.21. The van der Waals surface area contributed by atoms with Gasteiger partial charge in [0, 0.05) is 13.2 Å². The van der Waals surface area contributed by atoms with E-state index in [0.29, 0.717) is 12.0 Å². The molecule has 4 nitrogen and oxygen atoms in total. The van der Waals surface area contributed by atoms with Gasteiger partial charge in [-0.3, -0.25) is 4.90 Å². The van der Waals surface area contributed by atoms with Gasteiger partial charge >= 0.3 is 0 Å². The molecule has 0 amide bonds. The topological polar surface area (TPSA) is 37.6 Å². The van der Waals surface area contributed by atoms with Crippen molar-refractivity contribution < 1.29 is 9.15 Å². The van der Waals surface area contributed by atoms with Crippen molar-refractivity contribution in [2.75, 3.05) is 26.8 Å². The zero-order chi connectivity index (χ0) is 15.0. The fourth-order valence-corrected chi connectivity index (χ4v) is 2.21. The first kappa shape index (κ1) is 17.2. The summed E-state index contributed by atoms with van der Waals surface area (Å²) in [6.07, 6.45) is 0. The van der Waals surface area contributed by atoms with E-state index in [1.54, 1.807) is 7.11 Å². The summed E-state index contributed by atoms with van der Waals surface area (Å²) in [5.41, 5.74) is 0. The van der Waals surface area contributed by atoms with Crippen LogP contribution in [0.4, 0.5) is 0 Å². The summed E-state index contributed by atoms with van der Waals surface area (Å²) in [6, 6.07) is 4.55. The second kappa shape index (κ2) is 9.16. The Morgan fingerprint density at radius 2 is 1.95 bits per heavy atom. The van der Waals surface area contributed by atoms with E-state index in [9.17, 15) is 0 Å². The van der Waals surface area contributed by atoms with Crippen LogP contribution >= 0.6 is 0 Å². The van der Waals surface area contributed by atoms with Crippen molar-refractivity contribution in [2.24, 2.45) is 5.92 Å². The maximum atomic E-state index is 5.88. The molecule has 0 aliphatic heterocycles. The number of methoxy groups -OCH3 is 1. The van der Waals surface area contributed by atoms with E-state index in [2.05, 4.69) is 50.0 Å². The second-order valence-electron chi connectivity index (χ2n) is 5.76. The molecule has 116 valence electrons. The van der Waals surface area contributed by atoms with Crippen LogP contribution in [0, 0.1) is 5.92 Å². The molecule has 0 aliphatic rings. The summed E-state index contributed by atoms with van der Waals surface area (Å²) >= 11 is 0. The zero-order valence-electron chi connectivity index (χ0n) is 13.6. The maximum Gasteiger partial charge on any atom is 0.118 e. The van der Waals surface area contributed by atoms with Crippen molar-refractivity contribution in [1.29, 1.82) is 0 Å². The molecule has 1 aromatic heterocycles. The third-order valence-corrected chi connectivity index (χ3v) is 3.37. The lowest BCUT2D eigenvalue weighted by Crippen LogP contribution is -2.35. The molecule has 0 bridgehead atoms. The minimum atomic E-state index is 0.401. The van der Waals surface area contributed by atoms with Crippen molar-refractivity contribution in [3.63, 3.8) is 0 Å². The molecule has 0 aromatic carbocycles. The van der Waals surface area contributed by atoms with E-state index < -0.39 is 0 Å². The highest BCUT2D eigenvalue weighted by Gasteiger charge is 2.14. The standard InChI is InChI=1S/C16H30N2O2/c1-6-18(14(4)12-19-5)11-16-8-7-15(20-16)10-17-9-13(2)3/h7-8,13-14,17H,6,9-12H2,1-5H3. The monoisotopic (exact) mass is 282 g/mol. The Kier molecular flexibility index (Phi) is 7.88. The summed E-state index contributed by atoms with van der Waals surface area (Å²) in [6.45, 7) is 13.2. The molecule has 0 fully saturated rings. The van der Waals surface area contributed by atoms with E-state index in [4.69, 9.17) is 9.15 Å². The van der Waals surface area contributed by atoms with Gasteiger partial charge in [0.25, 0.3) is 0 Å². The minimum Gasteiger partial charge on any atom is -0.463 e. The molecule has 0 saturated heterocycles. The van der Waals surface area contributed by atoms with Crippen LogP contribution in [0.3, 0.4) is 0 Å². The summed E-state index contributed by atoms with van der Waals surface area (Å²) in [5, 5.41) is 3.40. The Morgan fingerprint density at radius 3 is 2.55 bits per heavy atom. The Labute approximate surface area is 123 Å². The van der Waals surface area contributed by atoms with Crippen LogP contribution in [0.2, 0.25) is 0 Å². The molecular weight excluding hydrogens is 252 g/mol. The lowest BCUT2D eigenvalue weighted by Gasteiger charge is -2.26. The Bertz CT molecular complexity index is 363. The smallest absolute Gasteiger partial charge is 0.118 e. The summed E-state index contributed by atoms with van der Waals surface area (Å²) in [4.78, 5) is 2.35. The second-order valence-corrected chi connectivity index (χ2v) is 5.76. The van der Waals surface area contributed by atoms with Gasteiger partial charge in [-0.15, -0.1) is 0 Å². The Balaban J connectivity index is 2.45. The summed E-state index contributed by atoms with van der Waals surface area (Å²) in [5.74, 6) is 2.70. The molecule has 1 N–H and O–H groups in total. The number of hydrogen-bond donors (Lipinski definition) is 1. The first-order valence-corrected chi connectivity index (χ1v) is 7.58. The summed E-state index contributed by atoms with van der Waals surface area (Å²) < 4.78 is 11.1. The van der Waals surface area contributed by atoms with Crippen LogP contribution < -0.4 is 5.32 Å². The lowest BCUT2D eigenvalue weighted by molar-refractivity contribution is 0.0933. The highest BCUT2D eigenvalue weighted by molar-refractivity contribution is 5.07. The van der Waals surface area contributed by atoms with E-state index in [-0.39, 0.29) is 0 Å². The lowest BCUT2D eigenvalue weighted by atomic mass is 10.2. The van der Waals surface area contributed by atoms with Gasteiger partial charge in [-0.1, -0.05) is 20.8 Å². The van der Waals surface area contributed by atoms with Gasteiger partial charge in [0.1, 0.15) is 11.5 Å². The molecule has 0 aliphatic carbocycles. The van der Waals surface area contributed by atoms with Crippen LogP contribution in [-0.4, -0.2) is 37.7 Å². The molecule has 1 heterocycles. The highest BCUT2D eigenvalue weighted by Crippen LogP contribution is 2.12. The highest BCUT2D eigenvalue weighted by atomic mass is 16.5. The number of rotatable bonds is 10. The number of nitrogens with one attached hydrogen (secondary N) is 1. The zero-order valence-corrected chi connectivity index (χ0v) is 13.6. The number of hydrogen-bond acceptors (Lipinski definition) is 4. The molecule has 4 heteroatoms. The van der Waals surface area contributed by atoms with E-state index >= 15 is 0 Å². The molecule has 0 spiro atoms. The first-order chi connectivity index (χ1) is 9.56. The molecule has 1 atom stereocenters. The van der Waals surface area contributed by atoms with E-state index in [1.165, 1.54) is 0 Å². The number of ether oxygens (including phenoxy) is 1. The largest absolute Gasteiger partial charge is 0.463 e. The number of furan rings is 1. The van der Waals surface area contributed by atoms with Crippen LogP contribution in [0.25, 0.3) is 0 Å². The van der Waals surface area contributed by atoms with Crippen molar-refractivity contribution in [1.82, 2.24) is 10.2 Å². The third kappa shape index (κ3) is 6.07. The minimum absolute atomic E-state index is 0.401. The van der Waals surface area contributed by atoms with Crippen LogP contribution in [0.5, 0.6) is 0 Å². The molecule has 1 unspecified atom stereocenters.